The van der Waals surface area contributed by atoms with E-state index < -0.39 is 0 Å². The highest BCUT2D eigenvalue weighted by atomic mass is 16.5. The zero-order chi connectivity index (χ0) is 17.4. The Kier molecular flexibility index (Phi) is 6.44. The summed E-state index contributed by atoms with van der Waals surface area (Å²) in [5.41, 5.74) is 4.87. The molecule has 2 aromatic rings. The molecule has 0 spiro atoms. The Morgan fingerprint density at radius 3 is 1.25 bits per heavy atom. The van der Waals surface area contributed by atoms with Crippen molar-refractivity contribution >= 4 is 11.1 Å². The maximum absolute atomic E-state index is 5.46. The molecule has 2 nitrogen and oxygen atoms in total. The lowest BCUT2D eigenvalue weighted by atomic mass is 9.97. The van der Waals surface area contributed by atoms with Crippen LogP contribution in [-0.4, -0.2) is 0 Å². The van der Waals surface area contributed by atoms with E-state index in [1.807, 2.05) is 50.3 Å². The monoisotopic (exact) mass is 320 g/mol. The molecule has 2 rings (SSSR count). The van der Waals surface area contributed by atoms with Gasteiger partial charge in [0.15, 0.2) is 0 Å². The van der Waals surface area contributed by atoms with Gasteiger partial charge in [-0.3, -0.25) is 0 Å². The Bertz CT molecular complexity index is 667. The van der Waals surface area contributed by atoms with Crippen molar-refractivity contribution in [1.29, 1.82) is 0 Å². The Hall–Kier alpha value is -2.74. The smallest absolute Gasteiger partial charge is 0.126 e. The summed E-state index contributed by atoms with van der Waals surface area (Å²) < 4.78 is 10.9. The summed E-state index contributed by atoms with van der Waals surface area (Å²) in [6.45, 7) is 8.14. The summed E-state index contributed by atoms with van der Waals surface area (Å²) in [5, 5.41) is 0. The fraction of sp³-hybridized carbons (Fsp3) is 0.182. The first-order chi connectivity index (χ1) is 11.7. The van der Waals surface area contributed by atoms with Gasteiger partial charge < -0.3 is 9.47 Å². The van der Waals surface area contributed by atoms with E-state index in [9.17, 15) is 0 Å². The number of hydrogen-bond acceptors (Lipinski definition) is 2. The summed E-state index contributed by atoms with van der Waals surface area (Å²) in [6, 6.07) is 16.3. The zero-order valence-corrected chi connectivity index (χ0v) is 14.7. The number of ether oxygens (including phenoxy) is 2. The van der Waals surface area contributed by atoms with E-state index >= 15 is 0 Å². The molecule has 24 heavy (non-hydrogen) atoms. The molecule has 0 aliphatic rings. The zero-order valence-electron chi connectivity index (χ0n) is 14.7. The second-order valence-corrected chi connectivity index (χ2v) is 5.47. The lowest BCUT2D eigenvalue weighted by Crippen LogP contribution is -1.88. The molecule has 0 aliphatic heterocycles. The highest BCUT2D eigenvalue weighted by Gasteiger charge is 2.04. The van der Waals surface area contributed by atoms with Gasteiger partial charge in [-0.05, 0) is 74.2 Å². The van der Waals surface area contributed by atoms with Crippen molar-refractivity contribution in [3.05, 3.63) is 84.3 Å². The van der Waals surface area contributed by atoms with Crippen LogP contribution >= 0.6 is 0 Å². The minimum Gasteiger partial charge on any atom is -0.465 e. The van der Waals surface area contributed by atoms with E-state index in [4.69, 9.17) is 9.47 Å². The number of allylic oxidation sites excluding steroid dienone is 4. The van der Waals surface area contributed by atoms with E-state index in [-0.39, 0.29) is 0 Å². The summed E-state index contributed by atoms with van der Waals surface area (Å²) in [6.07, 6.45) is 7.10. The maximum atomic E-state index is 5.46. The van der Waals surface area contributed by atoms with E-state index in [1.165, 1.54) is 22.3 Å². The molecule has 2 aromatic carbocycles. The van der Waals surface area contributed by atoms with Crippen molar-refractivity contribution < 1.29 is 9.47 Å². The summed E-state index contributed by atoms with van der Waals surface area (Å²) in [7, 11) is 0. The molecule has 2 heteroatoms. The highest BCUT2D eigenvalue weighted by molar-refractivity contribution is 5.89. The normalized spacial score (nSPS) is 12.5. The molecule has 0 fully saturated rings. The third-order valence-corrected chi connectivity index (χ3v) is 3.82. The predicted octanol–water partition coefficient (Wildman–Crippen LogP) is 6.46. The van der Waals surface area contributed by atoms with Crippen LogP contribution in [0.3, 0.4) is 0 Å². The van der Waals surface area contributed by atoms with E-state index in [1.54, 1.807) is 12.5 Å². The van der Waals surface area contributed by atoms with Crippen LogP contribution in [0.25, 0.3) is 11.1 Å². The standard InChI is InChI=1S/C22H24O2/c1-5-15-23-21-11-7-19(8-12-21)17(3)18(4)20-9-13-22(14-10-20)24-16-6-2/h5-16H,1-4H3. The topological polar surface area (TPSA) is 18.5 Å². The number of hydrogen-bond donors (Lipinski definition) is 0. The number of rotatable bonds is 6. The minimum absolute atomic E-state index is 0.841. The third kappa shape index (κ3) is 4.63. The van der Waals surface area contributed by atoms with Crippen molar-refractivity contribution in [3.63, 3.8) is 0 Å². The second kappa shape index (κ2) is 8.78. The van der Waals surface area contributed by atoms with Crippen molar-refractivity contribution in [3.8, 4) is 11.5 Å². The van der Waals surface area contributed by atoms with Gasteiger partial charge in [0.2, 0.25) is 0 Å². The van der Waals surface area contributed by atoms with Crippen molar-refractivity contribution in [1.82, 2.24) is 0 Å². The molecule has 0 radical (unpaired) electrons. The van der Waals surface area contributed by atoms with Crippen LogP contribution in [0.2, 0.25) is 0 Å². The Labute approximate surface area is 144 Å². The van der Waals surface area contributed by atoms with Gasteiger partial charge in [-0.1, -0.05) is 36.4 Å². The van der Waals surface area contributed by atoms with Crippen LogP contribution in [0.5, 0.6) is 11.5 Å². The van der Waals surface area contributed by atoms with Gasteiger partial charge in [-0.15, -0.1) is 0 Å². The van der Waals surface area contributed by atoms with Gasteiger partial charge in [0.1, 0.15) is 11.5 Å². The Balaban J connectivity index is 2.20. The van der Waals surface area contributed by atoms with Crippen LogP contribution < -0.4 is 9.47 Å². The molecule has 0 aliphatic carbocycles. The summed E-state index contributed by atoms with van der Waals surface area (Å²) in [5.74, 6) is 1.68. The lowest BCUT2D eigenvalue weighted by molar-refractivity contribution is 0.480. The van der Waals surface area contributed by atoms with E-state index in [2.05, 4.69) is 38.1 Å². The second-order valence-electron chi connectivity index (χ2n) is 5.47. The molecular weight excluding hydrogens is 296 g/mol. The van der Waals surface area contributed by atoms with E-state index in [0.717, 1.165) is 11.5 Å². The van der Waals surface area contributed by atoms with Crippen LogP contribution in [0, 0.1) is 0 Å². The molecule has 0 bridgehead atoms. The molecular formula is C22H24O2. The highest BCUT2D eigenvalue weighted by Crippen LogP contribution is 2.28. The molecule has 0 unspecified atom stereocenters. The Morgan fingerprint density at radius 1 is 0.625 bits per heavy atom. The van der Waals surface area contributed by atoms with E-state index in [0.29, 0.717) is 0 Å². The first-order valence-corrected chi connectivity index (χ1v) is 8.09. The van der Waals surface area contributed by atoms with Crippen LogP contribution in [-0.2, 0) is 0 Å². The van der Waals surface area contributed by atoms with Crippen molar-refractivity contribution in [2.45, 2.75) is 27.7 Å². The van der Waals surface area contributed by atoms with Gasteiger partial charge in [-0.2, -0.15) is 0 Å². The molecule has 0 atom stereocenters. The SMILES string of the molecule is CC=COc1ccc(C(C)=C(C)c2ccc(OC=CC)cc2)cc1. The summed E-state index contributed by atoms with van der Waals surface area (Å²) >= 11 is 0. The van der Waals surface area contributed by atoms with Crippen molar-refractivity contribution in [2.24, 2.45) is 0 Å². The Morgan fingerprint density at radius 2 is 0.958 bits per heavy atom. The average molecular weight is 320 g/mol. The molecule has 0 N–H and O–H groups in total. The molecule has 0 aromatic heterocycles. The van der Waals surface area contributed by atoms with Gasteiger partial charge in [0, 0.05) is 0 Å². The van der Waals surface area contributed by atoms with Gasteiger partial charge in [0.25, 0.3) is 0 Å². The third-order valence-electron chi connectivity index (χ3n) is 3.82. The molecule has 0 saturated heterocycles. The van der Waals surface area contributed by atoms with Gasteiger partial charge >= 0.3 is 0 Å². The van der Waals surface area contributed by atoms with Crippen LogP contribution in [0.1, 0.15) is 38.8 Å². The first kappa shape index (κ1) is 17.6. The number of benzene rings is 2. The fourth-order valence-electron chi connectivity index (χ4n) is 2.29. The largest absolute Gasteiger partial charge is 0.465 e. The predicted molar refractivity (Wildman–Crippen MR) is 102 cm³/mol. The first-order valence-electron chi connectivity index (χ1n) is 8.09. The molecule has 0 saturated carbocycles. The minimum atomic E-state index is 0.841. The quantitative estimate of drug-likeness (QED) is 0.449. The van der Waals surface area contributed by atoms with Crippen LogP contribution in [0.4, 0.5) is 0 Å². The maximum Gasteiger partial charge on any atom is 0.126 e. The molecule has 0 heterocycles. The lowest BCUT2D eigenvalue weighted by Gasteiger charge is -2.10. The average Bonchev–Trinajstić information content (AvgIpc) is 2.64. The van der Waals surface area contributed by atoms with Gasteiger partial charge in [-0.25, -0.2) is 0 Å². The summed E-state index contributed by atoms with van der Waals surface area (Å²) in [4.78, 5) is 0. The molecule has 0 amide bonds. The van der Waals surface area contributed by atoms with Crippen molar-refractivity contribution in [2.75, 3.05) is 0 Å². The van der Waals surface area contributed by atoms with Gasteiger partial charge in [0.05, 0.1) is 12.5 Å². The molecule has 124 valence electrons. The fourth-order valence-corrected chi connectivity index (χ4v) is 2.29. The van der Waals surface area contributed by atoms with Crippen LogP contribution in [0.15, 0.2) is 73.2 Å².